The third-order valence-corrected chi connectivity index (χ3v) is 4.59. The SMILES string of the molecule is CCOc1ccccc1OCCNC1(CCl)CCCCC1. The van der Waals surface area contributed by atoms with Gasteiger partial charge in [-0.25, -0.2) is 0 Å². The van der Waals surface area contributed by atoms with Gasteiger partial charge in [0.15, 0.2) is 11.5 Å². The molecule has 3 nitrogen and oxygen atoms in total. The number of hydrogen-bond donors (Lipinski definition) is 1. The molecule has 1 aromatic rings. The average Bonchev–Trinajstić information content (AvgIpc) is 2.54. The van der Waals surface area contributed by atoms with Crippen LogP contribution in [-0.2, 0) is 0 Å². The second-order valence-electron chi connectivity index (χ2n) is 5.63. The summed E-state index contributed by atoms with van der Waals surface area (Å²) in [5.74, 6) is 2.30. The Labute approximate surface area is 133 Å². The molecule has 118 valence electrons. The third kappa shape index (κ3) is 4.79. The van der Waals surface area contributed by atoms with Gasteiger partial charge in [-0.3, -0.25) is 0 Å². The topological polar surface area (TPSA) is 30.5 Å². The van der Waals surface area contributed by atoms with Crippen LogP contribution in [0.1, 0.15) is 39.0 Å². The van der Waals surface area contributed by atoms with Gasteiger partial charge in [0.25, 0.3) is 0 Å². The first-order valence-corrected chi connectivity index (χ1v) is 8.49. The zero-order chi connectivity index (χ0) is 15.0. The van der Waals surface area contributed by atoms with E-state index in [1.165, 1.54) is 32.1 Å². The van der Waals surface area contributed by atoms with E-state index in [1.807, 2.05) is 31.2 Å². The van der Waals surface area contributed by atoms with Crippen LogP contribution in [0.4, 0.5) is 0 Å². The number of nitrogens with one attached hydrogen (secondary N) is 1. The Hall–Kier alpha value is -0.930. The van der Waals surface area contributed by atoms with Crippen molar-refractivity contribution in [2.75, 3.05) is 25.6 Å². The summed E-state index contributed by atoms with van der Waals surface area (Å²) >= 11 is 6.18. The maximum Gasteiger partial charge on any atom is 0.161 e. The summed E-state index contributed by atoms with van der Waals surface area (Å²) in [5, 5.41) is 3.61. The van der Waals surface area contributed by atoms with Gasteiger partial charge in [-0.15, -0.1) is 11.6 Å². The molecule has 0 radical (unpaired) electrons. The van der Waals surface area contributed by atoms with E-state index in [0.29, 0.717) is 19.1 Å². The number of benzene rings is 1. The zero-order valence-corrected chi connectivity index (χ0v) is 13.6. The van der Waals surface area contributed by atoms with Crippen molar-refractivity contribution in [1.82, 2.24) is 5.32 Å². The predicted octanol–water partition coefficient (Wildman–Crippen LogP) is 4.00. The molecule has 0 aliphatic heterocycles. The lowest BCUT2D eigenvalue weighted by molar-refractivity contribution is 0.225. The monoisotopic (exact) mass is 311 g/mol. The van der Waals surface area contributed by atoms with E-state index < -0.39 is 0 Å². The highest BCUT2D eigenvalue weighted by Gasteiger charge is 2.30. The van der Waals surface area contributed by atoms with E-state index >= 15 is 0 Å². The first-order valence-electron chi connectivity index (χ1n) is 7.95. The van der Waals surface area contributed by atoms with Gasteiger partial charge in [-0.1, -0.05) is 31.4 Å². The van der Waals surface area contributed by atoms with E-state index in [9.17, 15) is 0 Å². The Kier molecular flexibility index (Phi) is 6.65. The Balaban J connectivity index is 1.79. The van der Waals surface area contributed by atoms with Gasteiger partial charge in [-0.05, 0) is 31.9 Å². The van der Waals surface area contributed by atoms with E-state index in [1.54, 1.807) is 0 Å². The van der Waals surface area contributed by atoms with Gasteiger partial charge in [0, 0.05) is 18.0 Å². The summed E-state index contributed by atoms with van der Waals surface area (Å²) in [5.41, 5.74) is 0.114. The van der Waals surface area contributed by atoms with Crippen LogP contribution in [0.2, 0.25) is 0 Å². The van der Waals surface area contributed by atoms with Crippen LogP contribution >= 0.6 is 11.6 Å². The Bertz CT molecular complexity index is 419. The Morgan fingerprint density at radius 2 is 1.76 bits per heavy atom. The van der Waals surface area contributed by atoms with Gasteiger partial charge in [0.1, 0.15) is 6.61 Å². The molecule has 0 unspecified atom stereocenters. The van der Waals surface area contributed by atoms with Crippen LogP contribution < -0.4 is 14.8 Å². The number of rotatable bonds is 8. The summed E-state index contributed by atoms with van der Waals surface area (Å²) in [7, 11) is 0. The van der Waals surface area contributed by atoms with Gasteiger partial charge in [0.05, 0.1) is 6.61 Å². The van der Waals surface area contributed by atoms with Crippen molar-refractivity contribution < 1.29 is 9.47 Å². The summed E-state index contributed by atoms with van der Waals surface area (Å²) in [6.07, 6.45) is 6.22. The van der Waals surface area contributed by atoms with Crippen molar-refractivity contribution in [3.05, 3.63) is 24.3 Å². The molecule has 21 heavy (non-hydrogen) atoms. The smallest absolute Gasteiger partial charge is 0.161 e. The van der Waals surface area contributed by atoms with Crippen molar-refractivity contribution in [2.45, 2.75) is 44.6 Å². The minimum atomic E-state index is 0.114. The van der Waals surface area contributed by atoms with Crippen LogP contribution in [0.25, 0.3) is 0 Å². The summed E-state index contributed by atoms with van der Waals surface area (Å²) in [4.78, 5) is 0. The lowest BCUT2D eigenvalue weighted by Gasteiger charge is -2.36. The van der Waals surface area contributed by atoms with E-state index in [-0.39, 0.29) is 5.54 Å². The molecule has 2 rings (SSSR count). The number of alkyl halides is 1. The number of para-hydroxylation sites is 2. The summed E-state index contributed by atoms with van der Waals surface area (Å²) in [6.45, 7) is 4.07. The number of ether oxygens (including phenoxy) is 2. The Morgan fingerprint density at radius 1 is 1.10 bits per heavy atom. The molecule has 0 heterocycles. The predicted molar refractivity (Wildman–Crippen MR) is 87.6 cm³/mol. The summed E-state index contributed by atoms with van der Waals surface area (Å²) < 4.78 is 11.4. The number of hydrogen-bond acceptors (Lipinski definition) is 3. The highest BCUT2D eigenvalue weighted by atomic mass is 35.5. The molecule has 0 atom stereocenters. The fourth-order valence-electron chi connectivity index (χ4n) is 2.91. The van der Waals surface area contributed by atoms with Crippen LogP contribution in [0.15, 0.2) is 24.3 Å². The van der Waals surface area contributed by atoms with Crippen LogP contribution in [-0.4, -0.2) is 31.2 Å². The molecule has 1 aliphatic carbocycles. The molecule has 0 aromatic heterocycles. The minimum Gasteiger partial charge on any atom is -0.490 e. The van der Waals surface area contributed by atoms with Crippen LogP contribution in [0.5, 0.6) is 11.5 Å². The normalized spacial score (nSPS) is 17.4. The van der Waals surface area contributed by atoms with Crippen molar-refractivity contribution in [2.24, 2.45) is 0 Å². The minimum absolute atomic E-state index is 0.114. The molecule has 1 saturated carbocycles. The molecule has 1 fully saturated rings. The van der Waals surface area contributed by atoms with E-state index in [2.05, 4.69) is 5.32 Å². The lowest BCUT2D eigenvalue weighted by atomic mass is 9.83. The largest absolute Gasteiger partial charge is 0.490 e. The molecule has 0 amide bonds. The molecule has 0 spiro atoms. The molecule has 1 N–H and O–H groups in total. The van der Waals surface area contributed by atoms with Crippen molar-refractivity contribution in [3.8, 4) is 11.5 Å². The number of halogens is 1. The zero-order valence-electron chi connectivity index (χ0n) is 12.9. The quantitative estimate of drug-likeness (QED) is 0.581. The van der Waals surface area contributed by atoms with E-state index in [4.69, 9.17) is 21.1 Å². The van der Waals surface area contributed by atoms with Crippen LogP contribution in [0, 0.1) is 0 Å². The first-order chi connectivity index (χ1) is 10.3. The Morgan fingerprint density at radius 3 is 2.38 bits per heavy atom. The van der Waals surface area contributed by atoms with Gasteiger partial charge in [0.2, 0.25) is 0 Å². The van der Waals surface area contributed by atoms with Gasteiger partial charge < -0.3 is 14.8 Å². The third-order valence-electron chi connectivity index (χ3n) is 4.08. The molecule has 0 saturated heterocycles. The summed E-state index contributed by atoms with van der Waals surface area (Å²) in [6, 6.07) is 7.81. The molecule has 1 aliphatic rings. The second-order valence-corrected chi connectivity index (χ2v) is 5.90. The molecule has 4 heteroatoms. The van der Waals surface area contributed by atoms with Crippen molar-refractivity contribution in [1.29, 1.82) is 0 Å². The molecule has 1 aromatic carbocycles. The molecule has 0 bridgehead atoms. The van der Waals surface area contributed by atoms with Crippen molar-refractivity contribution >= 4 is 11.6 Å². The second kappa shape index (κ2) is 8.50. The molecular weight excluding hydrogens is 286 g/mol. The standard InChI is InChI=1S/C17H26ClNO2/c1-2-20-15-8-4-5-9-16(15)21-13-12-19-17(14-18)10-6-3-7-11-17/h4-5,8-9,19H,2-3,6-7,10-14H2,1H3. The average molecular weight is 312 g/mol. The highest BCUT2D eigenvalue weighted by molar-refractivity contribution is 6.18. The maximum atomic E-state index is 6.18. The highest BCUT2D eigenvalue weighted by Crippen LogP contribution is 2.29. The van der Waals surface area contributed by atoms with Gasteiger partial charge >= 0.3 is 0 Å². The van der Waals surface area contributed by atoms with Gasteiger partial charge in [-0.2, -0.15) is 0 Å². The fraction of sp³-hybridized carbons (Fsp3) is 0.647. The fourth-order valence-corrected chi connectivity index (χ4v) is 3.27. The van der Waals surface area contributed by atoms with E-state index in [0.717, 1.165) is 18.0 Å². The van der Waals surface area contributed by atoms with Crippen molar-refractivity contribution in [3.63, 3.8) is 0 Å². The maximum absolute atomic E-state index is 6.18. The molecular formula is C17H26ClNO2. The van der Waals surface area contributed by atoms with Crippen LogP contribution in [0.3, 0.4) is 0 Å². The lowest BCUT2D eigenvalue weighted by Crippen LogP contribution is -2.49. The first kappa shape index (κ1) is 16.4.